The molecule has 2 aromatic heterocycles. The van der Waals surface area contributed by atoms with E-state index in [2.05, 4.69) is 31.0 Å². The van der Waals surface area contributed by atoms with E-state index in [4.69, 9.17) is 4.74 Å². The second-order valence-electron chi connectivity index (χ2n) is 6.87. The third-order valence-electron chi connectivity index (χ3n) is 4.63. The van der Waals surface area contributed by atoms with Gasteiger partial charge in [0.2, 0.25) is 0 Å². The zero-order valence-electron chi connectivity index (χ0n) is 16.0. The van der Waals surface area contributed by atoms with E-state index >= 15 is 0 Å². The first-order valence-corrected chi connectivity index (χ1v) is 10.3. The van der Waals surface area contributed by atoms with Crippen molar-refractivity contribution in [2.24, 2.45) is 0 Å². The Kier molecular flexibility index (Phi) is 5.26. The summed E-state index contributed by atoms with van der Waals surface area (Å²) in [5, 5.41) is 2.69. The van der Waals surface area contributed by atoms with Crippen molar-refractivity contribution in [3.05, 3.63) is 81.7 Å². The first-order valence-electron chi connectivity index (χ1n) is 9.41. The molecule has 4 nitrogen and oxygen atoms in total. The van der Waals surface area contributed by atoms with E-state index < -0.39 is 0 Å². The van der Waals surface area contributed by atoms with Crippen LogP contribution in [0.25, 0.3) is 21.3 Å². The molecule has 4 rings (SSSR count). The SMILES string of the molecule is CCCOc1ccc(-c2csc3ncn(Cc4cccc(C)c4)c(=O)c23)cc1. The number of fused-ring (bicyclic) bond motifs is 1. The minimum atomic E-state index is -0.00549. The molecule has 0 saturated carbocycles. The van der Waals surface area contributed by atoms with Crippen molar-refractivity contribution in [3.8, 4) is 16.9 Å². The standard InChI is InChI=1S/C23H22N2O2S/c1-3-11-27-19-9-7-18(8-10-19)20-14-28-22-21(20)23(26)25(15-24-22)13-17-6-4-5-16(2)12-17/h4-10,12,14-15H,3,11,13H2,1-2H3. The Morgan fingerprint density at radius 1 is 1.14 bits per heavy atom. The smallest absolute Gasteiger partial charge is 0.263 e. The molecule has 0 radical (unpaired) electrons. The van der Waals surface area contributed by atoms with Crippen molar-refractivity contribution in [2.45, 2.75) is 26.8 Å². The summed E-state index contributed by atoms with van der Waals surface area (Å²) in [4.78, 5) is 18.5. The average molecular weight is 391 g/mol. The largest absolute Gasteiger partial charge is 0.494 e. The van der Waals surface area contributed by atoms with Gasteiger partial charge < -0.3 is 4.74 Å². The summed E-state index contributed by atoms with van der Waals surface area (Å²) < 4.78 is 7.34. The van der Waals surface area contributed by atoms with Crippen LogP contribution in [0, 0.1) is 6.92 Å². The fraction of sp³-hybridized carbons (Fsp3) is 0.217. The van der Waals surface area contributed by atoms with Crippen LogP contribution in [-0.2, 0) is 6.54 Å². The molecule has 0 aliphatic heterocycles. The summed E-state index contributed by atoms with van der Waals surface area (Å²) in [5.74, 6) is 0.847. The molecule has 2 aromatic carbocycles. The van der Waals surface area contributed by atoms with E-state index in [1.165, 1.54) is 16.9 Å². The fourth-order valence-corrected chi connectivity index (χ4v) is 4.16. The van der Waals surface area contributed by atoms with Crippen LogP contribution in [0.1, 0.15) is 24.5 Å². The van der Waals surface area contributed by atoms with Gasteiger partial charge in [0.05, 0.1) is 24.9 Å². The Balaban J connectivity index is 1.71. The lowest BCUT2D eigenvalue weighted by molar-refractivity contribution is 0.317. The topological polar surface area (TPSA) is 44.1 Å². The minimum absolute atomic E-state index is 0.00549. The molecule has 0 bridgehead atoms. The van der Waals surface area contributed by atoms with Crippen LogP contribution in [0.4, 0.5) is 0 Å². The molecule has 142 valence electrons. The summed E-state index contributed by atoms with van der Waals surface area (Å²) in [6.07, 6.45) is 2.62. The second kappa shape index (κ2) is 7.98. The normalized spacial score (nSPS) is 11.1. The molecule has 0 saturated heterocycles. The Hall–Kier alpha value is -2.92. The number of hydrogen-bond donors (Lipinski definition) is 0. The van der Waals surface area contributed by atoms with Crippen molar-refractivity contribution in [2.75, 3.05) is 6.61 Å². The van der Waals surface area contributed by atoms with Crippen LogP contribution in [0.2, 0.25) is 0 Å². The lowest BCUT2D eigenvalue weighted by Gasteiger charge is -2.08. The molecule has 0 atom stereocenters. The molecule has 0 fully saturated rings. The molecule has 0 unspecified atom stereocenters. The molecule has 0 aliphatic carbocycles. The number of thiophene rings is 1. The highest BCUT2D eigenvalue weighted by molar-refractivity contribution is 7.17. The summed E-state index contributed by atoms with van der Waals surface area (Å²) in [6, 6.07) is 16.1. The van der Waals surface area contributed by atoms with E-state index in [1.54, 1.807) is 10.9 Å². The first-order chi connectivity index (χ1) is 13.7. The van der Waals surface area contributed by atoms with Crippen molar-refractivity contribution < 1.29 is 4.74 Å². The Morgan fingerprint density at radius 2 is 1.96 bits per heavy atom. The van der Waals surface area contributed by atoms with Crippen molar-refractivity contribution in [1.82, 2.24) is 9.55 Å². The first kappa shape index (κ1) is 18.4. The maximum absolute atomic E-state index is 13.2. The van der Waals surface area contributed by atoms with E-state index in [-0.39, 0.29) is 5.56 Å². The number of nitrogens with zero attached hydrogens (tertiary/aromatic N) is 2. The molecule has 5 heteroatoms. The second-order valence-corrected chi connectivity index (χ2v) is 7.73. The number of hydrogen-bond acceptors (Lipinski definition) is 4. The summed E-state index contributed by atoms with van der Waals surface area (Å²) in [7, 11) is 0. The quantitative estimate of drug-likeness (QED) is 0.450. The van der Waals surface area contributed by atoms with E-state index in [0.29, 0.717) is 18.5 Å². The predicted octanol–water partition coefficient (Wildman–Crippen LogP) is 5.27. The van der Waals surface area contributed by atoms with E-state index in [0.717, 1.165) is 33.7 Å². The Morgan fingerprint density at radius 3 is 2.71 bits per heavy atom. The van der Waals surface area contributed by atoms with Gasteiger partial charge in [-0.15, -0.1) is 11.3 Å². The van der Waals surface area contributed by atoms with E-state index in [1.807, 2.05) is 41.8 Å². The molecule has 4 aromatic rings. The average Bonchev–Trinajstić information content (AvgIpc) is 3.14. The molecule has 0 aliphatic rings. The lowest BCUT2D eigenvalue weighted by Crippen LogP contribution is -2.21. The van der Waals surface area contributed by atoms with Crippen LogP contribution >= 0.6 is 11.3 Å². The van der Waals surface area contributed by atoms with Gasteiger partial charge in [0.15, 0.2) is 0 Å². The van der Waals surface area contributed by atoms with Gasteiger partial charge in [-0.1, -0.05) is 48.9 Å². The summed E-state index contributed by atoms with van der Waals surface area (Å²) >= 11 is 1.50. The number of aryl methyl sites for hydroxylation is 1. The summed E-state index contributed by atoms with van der Waals surface area (Å²) in [6.45, 7) is 5.36. The molecule has 0 spiro atoms. The predicted molar refractivity (Wildman–Crippen MR) is 115 cm³/mol. The zero-order chi connectivity index (χ0) is 19.5. The third kappa shape index (κ3) is 3.71. The number of benzene rings is 2. The van der Waals surface area contributed by atoms with Gasteiger partial charge in [-0.25, -0.2) is 4.98 Å². The Bertz CT molecular complexity index is 1160. The van der Waals surface area contributed by atoms with Gasteiger partial charge in [0.25, 0.3) is 5.56 Å². The minimum Gasteiger partial charge on any atom is -0.494 e. The number of rotatable bonds is 6. The molecular formula is C23H22N2O2S. The molecule has 2 heterocycles. The highest BCUT2D eigenvalue weighted by atomic mass is 32.1. The maximum Gasteiger partial charge on any atom is 0.263 e. The Labute approximate surface area is 168 Å². The molecule has 28 heavy (non-hydrogen) atoms. The monoisotopic (exact) mass is 390 g/mol. The lowest BCUT2D eigenvalue weighted by atomic mass is 10.1. The number of aromatic nitrogens is 2. The van der Waals surface area contributed by atoms with Crippen LogP contribution in [0.3, 0.4) is 0 Å². The maximum atomic E-state index is 13.2. The van der Waals surface area contributed by atoms with Gasteiger partial charge in [-0.2, -0.15) is 0 Å². The highest BCUT2D eigenvalue weighted by Crippen LogP contribution is 2.31. The van der Waals surface area contributed by atoms with Crippen LogP contribution in [0.5, 0.6) is 5.75 Å². The van der Waals surface area contributed by atoms with Gasteiger partial charge in [0, 0.05) is 10.9 Å². The molecular weight excluding hydrogens is 368 g/mol. The van der Waals surface area contributed by atoms with Gasteiger partial charge >= 0.3 is 0 Å². The van der Waals surface area contributed by atoms with Gasteiger partial charge in [0.1, 0.15) is 10.6 Å². The highest BCUT2D eigenvalue weighted by Gasteiger charge is 2.13. The van der Waals surface area contributed by atoms with Crippen LogP contribution < -0.4 is 10.3 Å². The fourth-order valence-electron chi connectivity index (χ4n) is 3.25. The zero-order valence-corrected chi connectivity index (χ0v) is 16.8. The molecule has 0 N–H and O–H groups in total. The summed E-state index contributed by atoms with van der Waals surface area (Å²) in [5.41, 5.74) is 4.20. The van der Waals surface area contributed by atoms with Crippen LogP contribution in [-0.4, -0.2) is 16.2 Å². The van der Waals surface area contributed by atoms with Gasteiger partial charge in [-0.3, -0.25) is 9.36 Å². The van der Waals surface area contributed by atoms with E-state index in [9.17, 15) is 4.79 Å². The van der Waals surface area contributed by atoms with Crippen molar-refractivity contribution in [1.29, 1.82) is 0 Å². The van der Waals surface area contributed by atoms with Gasteiger partial charge in [-0.05, 0) is 36.6 Å². The van der Waals surface area contributed by atoms with Crippen molar-refractivity contribution in [3.63, 3.8) is 0 Å². The molecule has 0 amide bonds. The number of ether oxygens (including phenoxy) is 1. The van der Waals surface area contributed by atoms with Crippen molar-refractivity contribution >= 4 is 21.6 Å². The third-order valence-corrected chi connectivity index (χ3v) is 5.52. The van der Waals surface area contributed by atoms with Crippen LogP contribution in [0.15, 0.2) is 65.0 Å².